The molecule has 2 aromatic carbocycles. The fourth-order valence-electron chi connectivity index (χ4n) is 3.32. The van der Waals surface area contributed by atoms with Crippen LogP contribution < -0.4 is 10.2 Å². The first-order valence-electron chi connectivity index (χ1n) is 8.75. The van der Waals surface area contributed by atoms with Gasteiger partial charge in [0, 0.05) is 29.2 Å². The molecule has 2 heterocycles. The quantitative estimate of drug-likeness (QED) is 0.561. The van der Waals surface area contributed by atoms with Crippen molar-refractivity contribution in [3.05, 3.63) is 71.7 Å². The van der Waals surface area contributed by atoms with Gasteiger partial charge in [0.25, 0.3) is 11.8 Å². The Balaban J connectivity index is 1.83. The summed E-state index contributed by atoms with van der Waals surface area (Å²) in [7, 11) is 0. The summed E-state index contributed by atoms with van der Waals surface area (Å²) in [4.78, 5) is 38.1. The van der Waals surface area contributed by atoms with Crippen LogP contribution in [-0.2, 0) is 16.1 Å². The minimum atomic E-state index is -0.978. The fourth-order valence-corrected chi connectivity index (χ4v) is 3.32. The predicted molar refractivity (Wildman–Crippen MR) is 103 cm³/mol. The van der Waals surface area contributed by atoms with Crippen LogP contribution in [0, 0.1) is 5.82 Å². The number of carbonyl (C=O) groups excluding carboxylic acids is 3. The van der Waals surface area contributed by atoms with E-state index in [4.69, 9.17) is 0 Å². The van der Waals surface area contributed by atoms with E-state index in [0.29, 0.717) is 17.0 Å². The summed E-state index contributed by atoms with van der Waals surface area (Å²) in [6.45, 7) is 2.70. The molecule has 4 amide bonds. The molecule has 0 bridgehead atoms. The first kappa shape index (κ1) is 17.7. The number of amides is 4. The van der Waals surface area contributed by atoms with Crippen LogP contribution in [0.3, 0.4) is 0 Å². The normalized spacial score (nSPS) is 16.1. The van der Waals surface area contributed by atoms with Gasteiger partial charge in [0.1, 0.15) is 11.4 Å². The highest BCUT2D eigenvalue weighted by Gasteiger charge is 2.38. The van der Waals surface area contributed by atoms with Crippen LogP contribution in [0.2, 0.25) is 0 Å². The third-order valence-corrected chi connectivity index (χ3v) is 4.65. The lowest BCUT2D eigenvalue weighted by Crippen LogP contribution is -2.54. The smallest absolute Gasteiger partial charge is 0.336 e. The van der Waals surface area contributed by atoms with E-state index in [0.717, 1.165) is 17.0 Å². The molecule has 0 saturated carbocycles. The van der Waals surface area contributed by atoms with Gasteiger partial charge in [0.2, 0.25) is 0 Å². The minimum Gasteiger partial charge on any atom is -0.347 e. The Hall–Kier alpha value is -3.74. The van der Waals surface area contributed by atoms with E-state index in [1.807, 2.05) is 42.0 Å². The second kappa shape index (κ2) is 6.77. The highest BCUT2D eigenvalue weighted by atomic mass is 19.1. The van der Waals surface area contributed by atoms with Gasteiger partial charge in [0.15, 0.2) is 0 Å². The van der Waals surface area contributed by atoms with Gasteiger partial charge in [-0.15, -0.1) is 0 Å². The number of hydrogen-bond donors (Lipinski definition) is 1. The number of aromatic nitrogens is 1. The van der Waals surface area contributed by atoms with Crippen molar-refractivity contribution in [3.8, 4) is 0 Å². The number of anilines is 1. The van der Waals surface area contributed by atoms with Gasteiger partial charge < -0.3 is 4.57 Å². The van der Waals surface area contributed by atoms with Crippen LogP contribution in [0.25, 0.3) is 17.0 Å². The summed E-state index contributed by atoms with van der Waals surface area (Å²) in [5, 5.41) is 2.98. The van der Waals surface area contributed by atoms with E-state index in [1.54, 1.807) is 0 Å². The lowest BCUT2D eigenvalue weighted by molar-refractivity contribution is -0.122. The molecule has 28 heavy (non-hydrogen) atoms. The number of carbonyl (C=O) groups is 3. The molecule has 0 spiro atoms. The Bertz CT molecular complexity index is 1160. The SMILES string of the molecule is CCn1cc(/C=C2\C(=O)NC(=O)N(c3ccccc3F)C2=O)c2ccccc21. The number of hydrogen-bond acceptors (Lipinski definition) is 3. The number of nitrogens with zero attached hydrogens (tertiary/aromatic N) is 2. The summed E-state index contributed by atoms with van der Waals surface area (Å²) in [6, 6.07) is 12.0. The molecule has 4 rings (SSSR count). The van der Waals surface area contributed by atoms with Crippen molar-refractivity contribution >= 4 is 40.5 Å². The van der Waals surface area contributed by atoms with E-state index < -0.39 is 23.7 Å². The number of aryl methyl sites for hydroxylation is 1. The van der Waals surface area contributed by atoms with Crippen molar-refractivity contribution in [1.82, 2.24) is 9.88 Å². The van der Waals surface area contributed by atoms with Gasteiger partial charge in [-0.05, 0) is 31.2 Å². The van der Waals surface area contributed by atoms with Crippen molar-refractivity contribution in [3.63, 3.8) is 0 Å². The molecule has 0 aliphatic carbocycles. The molecule has 1 aliphatic heterocycles. The highest BCUT2D eigenvalue weighted by molar-refractivity contribution is 6.39. The van der Waals surface area contributed by atoms with Crippen LogP contribution in [0.1, 0.15) is 12.5 Å². The van der Waals surface area contributed by atoms with Gasteiger partial charge in [0.05, 0.1) is 5.69 Å². The zero-order valence-electron chi connectivity index (χ0n) is 15.0. The molecule has 7 heteroatoms. The van der Waals surface area contributed by atoms with Gasteiger partial charge in [-0.1, -0.05) is 30.3 Å². The summed E-state index contributed by atoms with van der Waals surface area (Å²) < 4.78 is 16.1. The monoisotopic (exact) mass is 377 g/mol. The minimum absolute atomic E-state index is 0.209. The number of halogens is 1. The second-order valence-electron chi connectivity index (χ2n) is 6.30. The number of benzene rings is 2. The van der Waals surface area contributed by atoms with Crippen molar-refractivity contribution in [2.45, 2.75) is 13.5 Å². The number of imide groups is 2. The zero-order valence-corrected chi connectivity index (χ0v) is 15.0. The first-order valence-corrected chi connectivity index (χ1v) is 8.75. The topological polar surface area (TPSA) is 71.4 Å². The lowest BCUT2D eigenvalue weighted by atomic mass is 10.1. The van der Waals surface area contributed by atoms with Crippen LogP contribution in [-0.4, -0.2) is 22.4 Å². The standard InChI is InChI=1S/C21H16FN3O3/c1-2-24-12-13(14-7-3-5-9-17(14)24)11-15-19(26)23-21(28)25(20(15)27)18-10-6-4-8-16(18)22/h3-12H,2H2,1H3,(H,23,26,28)/b15-11+. The van der Waals surface area contributed by atoms with Crippen molar-refractivity contribution in [2.75, 3.05) is 4.90 Å². The number of para-hydroxylation sites is 2. The molecule has 1 aromatic heterocycles. The molecule has 0 unspecified atom stereocenters. The Morgan fingerprint density at radius 3 is 2.50 bits per heavy atom. The van der Waals surface area contributed by atoms with E-state index in [2.05, 4.69) is 5.32 Å². The van der Waals surface area contributed by atoms with Gasteiger partial charge in [-0.25, -0.2) is 14.1 Å². The van der Waals surface area contributed by atoms with Crippen molar-refractivity contribution < 1.29 is 18.8 Å². The van der Waals surface area contributed by atoms with Gasteiger partial charge >= 0.3 is 6.03 Å². The lowest BCUT2D eigenvalue weighted by Gasteiger charge is -2.26. The Morgan fingerprint density at radius 1 is 1.04 bits per heavy atom. The molecular weight excluding hydrogens is 361 g/mol. The number of barbiturate groups is 1. The maximum atomic E-state index is 14.1. The average Bonchev–Trinajstić information content (AvgIpc) is 3.04. The van der Waals surface area contributed by atoms with Gasteiger partial charge in [-0.3, -0.25) is 14.9 Å². The number of rotatable bonds is 3. The first-order chi connectivity index (χ1) is 13.5. The molecule has 0 radical (unpaired) electrons. The molecule has 1 N–H and O–H groups in total. The largest absolute Gasteiger partial charge is 0.347 e. The number of nitrogens with one attached hydrogen (secondary N) is 1. The predicted octanol–water partition coefficient (Wildman–Crippen LogP) is 3.47. The summed E-state index contributed by atoms with van der Waals surface area (Å²) >= 11 is 0. The van der Waals surface area contributed by atoms with E-state index in [-0.39, 0.29) is 11.3 Å². The Morgan fingerprint density at radius 2 is 1.75 bits per heavy atom. The molecule has 1 aliphatic rings. The molecule has 6 nitrogen and oxygen atoms in total. The Kier molecular flexibility index (Phi) is 4.27. The summed E-state index contributed by atoms with van der Waals surface area (Å²) in [5.41, 5.74) is 1.18. The molecular formula is C21H16FN3O3. The van der Waals surface area contributed by atoms with Crippen LogP contribution in [0.5, 0.6) is 0 Å². The number of urea groups is 1. The average molecular weight is 377 g/mol. The third kappa shape index (κ3) is 2.77. The molecule has 1 fully saturated rings. The second-order valence-corrected chi connectivity index (χ2v) is 6.30. The fraction of sp³-hybridized carbons (Fsp3) is 0.0952. The van der Waals surface area contributed by atoms with Crippen LogP contribution in [0.15, 0.2) is 60.3 Å². The van der Waals surface area contributed by atoms with E-state index >= 15 is 0 Å². The summed E-state index contributed by atoms with van der Waals surface area (Å²) in [6.07, 6.45) is 3.27. The van der Waals surface area contributed by atoms with E-state index in [9.17, 15) is 18.8 Å². The van der Waals surface area contributed by atoms with Crippen LogP contribution in [0.4, 0.5) is 14.9 Å². The number of fused-ring (bicyclic) bond motifs is 1. The molecule has 3 aromatic rings. The van der Waals surface area contributed by atoms with E-state index in [1.165, 1.54) is 24.3 Å². The van der Waals surface area contributed by atoms with Gasteiger partial charge in [-0.2, -0.15) is 0 Å². The molecule has 1 saturated heterocycles. The molecule has 0 atom stereocenters. The van der Waals surface area contributed by atoms with Crippen molar-refractivity contribution in [1.29, 1.82) is 0 Å². The third-order valence-electron chi connectivity index (χ3n) is 4.65. The maximum absolute atomic E-state index is 14.1. The highest BCUT2D eigenvalue weighted by Crippen LogP contribution is 2.27. The summed E-state index contributed by atoms with van der Waals surface area (Å²) in [5.74, 6) is -2.41. The molecule has 140 valence electrons. The zero-order chi connectivity index (χ0) is 19.8. The van der Waals surface area contributed by atoms with Crippen molar-refractivity contribution in [2.24, 2.45) is 0 Å². The van der Waals surface area contributed by atoms with Crippen LogP contribution >= 0.6 is 0 Å². The Labute approximate surface area is 159 Å². The maximum Gasteiger partial charge on any atom is 0.336 e.